The highest BCUT2D eigenvalue weighted by Gasteiger charge is 2.55. The van der Waals surface area contributed by atoms with Crippen molar-refractivity contribution < 1.29 is 19.4 Å². The van der Waals surface area contributed by atoms with E-state index in [1.165, 1.54) is 32.1 Å². The average Bonchev–Trinajstić information content (AvgIpc) is 3.10. The van der Waals surface area contributed by atoms with E-state index in [4.69, 9.17) is 4.74 Å². The highest BCUT2D eigenvalue weighted by molar-refractivity contribution is 5.69. The first-order valence-corrected chi connectivity index (χ1v) is 11.0. The molecular weight excluding hydrogens is 368 g/mol. The lowest BCUT2D eigenvalue weighted by Gasteiger charge is -2.57. The van der Waals surface area contributed by atoms with Crippen molar-refractivity contribution in [3.63, 3.8) is 0 Å². The molecule has 6 heteroatoms. The minimum atomic E-state index is -0.856. The summed E-state index contributed by atoms with van der Waals surface area (Å²) in [6.45, 7) is 0.719. The van der Waals surface area contributed by atoms with E-state index in [0.717, 1.165) is 17.4 Å². The third-order valence-corrected chi connectivity index (χ3v) is 7.91. The van der Waals surface area contributed by atoms with Crippen molar-refractivity contribution in [3.8, 4) is 0 Å². The summed E-state index contributed by atoms with van der Waals surface area (Å²) in [4.78, 5) is 26.1. The molecule has 4 bridgehead atoms. The Labute approximate surface area is 171 Å². The van der Waals surface area contributed by atoms with Crippen LogP contribution in [0.4, 0.5) is 9.59 Å². The smallest absolute Gasteiger partial charge is 0.407 e. The van der Waals surface area contributed by atoms with E-state index in [1.807, 2.05) is 30.3 Å². The molecule has 1 aliphatic heterocycles. The summed E-state index contributed by atoms with van der Waals surface area (Å²) in [5, 5.41) is 12.9. The Morgan fingerprint density at radius 1 is 1.03 bits per heavy atom. The second kappa shape index (κ2) is 7.54. The van der Waals surface area contributed by atoms with Crippen molar-refractivity contribution in [1.29, 1.82) is 0 Å². The van der Waals surface area contributed by atoms with Gasteiger partial charge in [-0.15, -0.1) is 0 Å². The molecule has 1 aromatic carbocycles. The maximum absolute atomic E-state index is 12.5. The third-order valence-electron chi connectivity index (χ3n) is 7.91. The molecular formula is C23H30N2O4. The highest BCUT2D eigenvalue weighted by Crippen LogP contribution is 2.58. The number of alkyl carbamates (subject to hydrolysis) is 1. The quantitative estimate of drug-likeness (QED) is 0.800. The van der Waals surface area contributed by atoms with Gasteiger partial charge in [0.25, 0.3) is 0 Å². The Hall–Kier alpha value is -2.24. The zero-order chi connectivity index (χ0) is 20.0. The fourth-order valence-electron chi connectivity index (χ4n) is 7.11. The van der Waals surface area contributed by atoms with Gasteiger partial charge >= 0.3 is 12.2 Å². The molecule has 0 radical (unpaired) electrons. The highest BCUT2D eigenvalue weighted by atomic mass is 16.5. The molecule has 2 N–H and O–H groups in total. The van der Waals surface area contributed by atoms with Gasteiger partial charge in [0.15, 0.2) is 0 Å². The van der Waals surface area contributed by atoms with Gasteiger partial charge in [-0.1, -0.05) is 30.3 Å². The van der Waals surface area contributed by atoms with Crippen molar-refractivity contribution in [2.45, 2.75) is 57.2 Å². The van der Waals surface area contributed by atoms with Crippen molar-refractivity contribution in [1.82, 2.24) is 10.2 Å². The number of rotatable bonds is 4. The fourth-order valence-corrected chi connectivity index (χ4v) is 7.11. The topological polar surface area (TPSA) is 78.9 Å². The van der Waals surface area contributed by atoms with E-state index in [-0.39, 0.29) is 18.7 Å². The summed E-state index contributed by atoms with van der Waals surface area (Å²) in [5.41, 5.74) is 0.943. The predicted octanol–water partition coefficient (Wildman–Crippen LogP) is 4.11. The minimum Gasteiger partial charge on any atom is -0.465 e. The lowest BCUT2D eigenvalue weighted by molar-refractivity contribution is -0.0675. The molecule has 1 saturated heterocycles. The summed E-state index contributed by atoms with van der Waals surface area (Å²) in [5.74, 6) is 3.29. The normalized spacial score (nSPS) is 37.5. The standard InChI is InChI=1S/C23H30N2O4/c26-22(29-13-14-4-2-1-3-5-14)24-19-6-7-25(23(27)28)21(19)20-17-9-15-8-16(11-17)12-18(20)10-15/h1-5,15-21H,6-13H2,(H,24,26)(H,27,28)/t15?,16?,17?,18?,19-,20?,21?/m1/s1. The van der Waals surface area contributed by atoms with E-state index < -0.39 is 12.2 Å². The van der Waals surface area contributed by atoms with Crippen LogP contribution in [0.3, 0.4) is 0 Å². The third kappa shape index (κ3) is 3.58. The number of ether oxygens (including phenoxy) is 1. The van der Waals surface area contributed by atoms with Crippen molar-refractivity contribution in [2.24, 2.45) is 29.6 Å². The monoisotopic (exact) mass is 398 g/mol. The fraction of sp³-hybridized carbons (Fsp3) is 0.652. The van der Waals surface area contributed by atoms with Gasteiger partial charge in [0, 0.05) is 6.54 Å². The molecule has 2 atom stereocenters. The molecule has 5 fully saturated rings. The summed E-state index contributed by atoms with van der Waals surface area (Å²) >= 11 is 0. The SMILES string of the molecule is O=C(N[C@@H]1CCN(C(=O)O)C1C1C2CC3CC(C2)CC1C3)OCc1ccccc1. The minimum absolute atomic E-state index is 0.119. The van der Waals surface area contributed by atoms with Crippen molar-refractivity contribution in [3.05, 3.63) is 35.9 Å². The summed E-state index contributed by atoms with van der Waals surface area (Å²) in [6.07, 6.45) is 5.71. The number of hydrogen-bond donors (Lipinski definition) is 2. The van der Waals surface area contributed by atoms with Crippen LogP contribution in [0, 0.1) is 29.6 Å². The molecule has 4 aliphatic carbocycles. The first kappa shape index (κ1) is 18.8. The molecule has 4 saturated carbocycles. The van der Waals surface area contributed by atoms with Crippen LogP contribution in [0.15, 0.2) is 30.3 Å². The first-order chi connectivity index (χ1) is 14.1. The van der Waals surface area contributed by atoms with Gasteiger partial charge in [-0.3, -0.25) is 0 Å². The van der Waals surface area contributed by atoms with E-state index in [9.17, 15) is 14.7 Å². The van der Waals surface area contributed by atoms with Crippen LogP contribution < -0.4 is 5.32 Å². The second-order valence-electron chi connectivity index (χ2n) is 9.58. The molecule has 1 heterocycles. The number of likely N-dealkylation sites (tertiary alicyclic amines) is 1. The Bertz CT molecular complexity index is 739. The number of nitrogens with one attached hydrogen (secondary N) is 1. The zero-order valence-electron chi connectivity index (χ0n) is 16.7. The summed E-state index contributed by atoms with van der Waals surface area (Å²) in [6, 6.07) is 9.34. The lowest BCUT2D eigenvalue weighted by Crippen LogP contribution is -2.58. The lowest BCUT2D eigenvalue weighted by atomic mass is 9.50. The second-order valence-corrected chi connectivity index (χ2v) is 9.58. The maximum Gasteiger partial charge on any atom is 0.407 e. The number of amides is 2. The van der Waals surface area contributed by atoms with Crippen LogP contribution in [-0.4, -0.2) is 40.8 Å². The van der Waals surface area contributed by atoms with Gasteiger partial charge in [-0.25, -0.2) is 9.59 Å². The van der Waals surface area contributed by atoms with E-state index in [2.05, 4.69) is 5.32 Å². The van der Waals surface area contributed by atoms with Gasteiger partial charge in [-0.05, 0) is 73.7 Å². The van der Waals surface area contributed by atoms with E-state index in [0.29, 0.717) is 30.7 Å². The molecule has 6 nitrogen and oxygen atoms in total. The Balaban J connectivity index is 1.28. The number of carbonyl (C=O) groups is 2. The van der Waals surface area contributed by atoms with E-state index in [1.54, 1.807) is 4.90 Å². The van der Waals surface area contributed by atoms with Crippen LogP contribution in [0.2, 0.25) is 0 Å². The molecule has 156 valence electrons. The van der Waals surface area contributed by atoms with Gasteiger partial charge in [0.2, 0.25) is 0 Å². The van der Waals surface area contributed by atoms with Crippen LogP contribution >= 0.6 is 0 Å². The maximum atomic E-state index is 12.5. The van der Waals surface area contributed by atoms with Gasteiger partial charge < -0.3 is 20.1 Å². The number of benzene rings is 1. The van der Waals surface area contributed by atoms with Gasteiger partial charge in [-0.2, -0.15) is 0 Å². The molecule has 0 spiro atoms. The Morgan fingerprint density at radius 2 is 1.69 bits per heavy atom. The molecule has 1 aromatic rings. The Morgan fingerprint density at radius 3 is 2.31 bits per heavy atom. The summed E-state index contributed by atoms with van der Waals surface area (Å²) < 4.78 is 5.42. The number of carbonyl (C=O) groups excluding carboxylic acids is 1. The summed E-state index contributed by atoms with van der Waals surface area (Å²) in [7, 11) is 0. The van der Waals surface area contributed by atoms with Crippen LogP contribution in [0.25, 0.3) is 0 Å². The molecule has 0 aromatic heterocycles. The molecule has 1 unspecified atom stereocenters. The van der Waals surface area contributed by atoms with E-state index >= 15 is 0 Å². The van der Waals surface area contributed by atoms with Crippen molar-refractivity contribution >= 4 is 12.2 Å². The molecule has 6 rings (SSSR count). The number of carboxylic acid groups (broad SMARTS) is 1. The number of nitrogens with zero attached hydrogens (tertiary/aromatic N) is 1. The van der Waals surface area contributed by atoms with Gasteiger partial charge in [0.1, 0.15) is 6.61 Å². The Kier molecular flexibility index (Phi) is 4.88. The van der Waals surface area contributed by atoms with Crippen LogP contribution in [0.1, 0.15) is 44.1 Å². The predicted molar refractivity (Wildman–Crippen MR) is 107 cm³/mol. The largest absolute Gasteiger partial charge is 0.465 e. The zero-order valence-corrected chi connectivity index (χ0v) is 16.7. The van der Waals surface area contributed by atoms with Crippen molar-refractivity contribution in [2.75, 3.05) is 6.54 Å². The first-order valence-electron chi connectivity index (χ1n) is 11.0. The van der Waals surface area contributed by atoms with Crippen LogP contribution in [0.5, 0.6) is 0 Å². The molecule has 5 aliphatic rings. The molecule has 29 heavy (non-hydrogen) atoms. The van der Waals surface area contributed by atoms with Gasteiger partial charge in [0.05, 0.1) is 12.1 Å². The number of hydrogen-bond acceptors (Lipinski definition) is 3. The molecule has 2 amide bonds. The average molecular weight is 399 g/mol. The van der Waals surface area contributed by atoms with Crippen LogP contribution in [-0.2, 0) is 11.3 Å².